The van der Waals surface area contributed by atoms with Crippen molar-refractivity contribution in [2.75, 3.05) is 13.1 Å². The SMILES string of the molecule is CCNC(=NCc1cnn(-c2ccccc2)c1)NCC1Cc2ccccc2O1. The van der Waals surface area contributed by atoms with Crippen molar-refractivity contribution in [2.24, 2.45) is 4.99 Å². The number of aromatic nitrogens is 2. The van der Waals surface area contributed by atoms with E-state index in [0.29, 0.717) is 13.1 Å². The van der Waals surface area contributed by atoms with E-state index < -0.39 is 0 Å². The van der Waals surface area contributed by atoms with Crippen LogP contribution in [0.4, 0.5) is 0 Å². The van der Waals surface area contributed by atoms with Crippen LogP contribution in [0.5, 0.6) is 5.75 Å². The second-order valence-corrected chi connectivity index (χ2v) is 6.76. The number of fused-ring (bicyclic) bond motifs is 1. The summed E-state index contributed by atoms with van der Waals surface area (Å²) in [6, 6.07) is 18.3. The van der Waals surface area contributed by atoms with Gasteiger partial charge in [-0.25, -0.2) is 9.67 Å². The number of hydrogen-bond donors (Lipinski definition) is 2. The van der Waals surface area contributed by atoms with Gasteiger partial charge in [0.2, 0.25) is 0 Å². The molecule has 28 heavy (non-hydrogen) atoms. The number of ether oxygens (including phenoxy) is 1. The molecule has 1 unspecified atom stereocenters. The van der Waals surface area contributed by atoms with Gasteiger partial charge in [-0.3, -0.25) is 0 Å². The normalized spacial score (nSPS) is 15.8. The van der Waals surface area contributed by atoms with E-state index in [2.05, 4.69) is 39.8 Å². The van der Waals surface area contributed by atoms with E-state index in [1.54, 1.807) is 0 Å². The van der Waals surface area contributed by atoms with Crippen LogP contribution in [0.2, 0.25) is 0 Å². The molecule has 0 fully saturated rings. The standard InChI is InChI=1S/C22H25N5O/c1-2-23-22(25-15-20-12-18-8-6-7-11-21(18)28-20)24-13-17-14-26-27(16-17)19-9-4-3-5-10-19/h3-11,14,16,20H,2,12-13,15H2,1H3,(H2,23,24,25). The van der Waals surface area contributed by atoms with Crippen LogP contribution >= 0.6 is 0 Å². The second-order valence-electron chi connectivity index (χ2n) is 6.76. The lowest BCUT2D eigenvalue weighted by atomic mass is 10.1. The Morgan fingerprint density at radius 3 is 2.79 bits per heavy atom. The molecule has 1 aromatic heterocycles. The summed E-state index contributed by atoms with van der Waals surface area (Å²) < 4.78 is 7.86. The highest BCUT2D eigenvalue weighted by molar-refractivity contribution is 5.79. The molecular weight excluding hydrogens is 350 g/mol. The van der Waals surface area contributed by atoms with E-state index in [4.69, 9.17) is 4.74 Å². The number of guanidine groups is 1. The van der Waals surface area contributed by atoms with E-state index in [1.807, 2.05) is 59.5 Å². The molecule has 4 rings (SSSR count). The lowest BCUT2D eigenvalue weighted by Gasteiger charge is -2.15. The molecule has 1 atom stereocenters. The third-order valence-corrected chi connectivity index (χ3v) is 4.63. The molecular formula is C22H25N5O. The van der Waals surface area contributed by atoms with Gasteiger partial charge < -0.3 is 15.4 Å². The third kappa shape index (κ3) is 4.34. The quantitative estimate of drug-likeness (QED) is 0.514. The Hall–Kier alpha value is -3.28. The Balaban J connectivity index is 1.34. The Bertz CT molecular complexity index is 910. The monoisotopic (exact) mass is 375 g/mol. The van der Waals surface area contributed by atoms with Crippen molar-refractivity contribution in [3.05, 3.63) is 78.1 Å². The number of rotatable bonds is 6. The summed E-state index contributed by atoms with van der Waals surface area (Å²) >= 11 is 0. The van der Waals surface area contributed by atoms with Gasteiger partial charge in [0.1, 0.15) is 11.9 Å². The fourth-order valence-electron chi connectivity index (χ4n) is 3.25. The summed E-state index contributed by atoms with van der Waals surface area (Å²) in [7, 11) is 0. The zero-order chi connectivity index (χ0) is 19.2. The fraction of sp³-hybridized carbons (Fsp3) is 0.273. The first-order chi connectivity index (χ1) is 13.8. The van der Waals surface area contributed by atoms with Crippen LogP contribution < -0.4 is 15.4 Å². The number of nitrogens with one attached hydrogen (secondary N) is 2. The van der Waals surface area contributed by atoms with E-state index in [1.165, 1.54) is 5.56 Å². The molecule has 0 amide bonds. The van der Waals surface area contributed by atoms with E-state index in [9.17, 15) is 0 Å². The van der Waals surface area contributed by atoms with Gasteiger partial charge in [0, 0.05) is 24.7 Å². The minimum atomic E-state index is 0.127. The van der Waals surface area contributed by atoms with Crippen LogP contribution in [-0.4, -0.2) is 34.9 Å². The summed E-state index contributed by atoms with van der Waals surface area (Å²) in [4.78, 5) is 4.69. The minimum Gasteiger partial charge on any atom is -0.488 e. The van der Waals surface area contributed by atoms with Crippen LogP contribution in [0.1, 0.15) is 18.1 Å². The highest BCUT2D eigenvalue weighted by Crippen LogP contribution is 2.27. The molecule has 0 spiro atoms. The minimum absolute atomic E-state index is 0.127. The maximum atomic E-state index is 5.99. The van der Waals surface area contributed by atoms with Crippen LogP contribution in [0, 0.1) is 0 Å². The van der Waals surface area contributed by atoms with Crippen LogP contribution in [0.15, 0.2) is 72.0 Å². The zero-order valence-corrected chi connectivity index (χ0v) is 16.0. The number of hydrogen-bond acceptors (Lipinski definition) is 3. The lowest BCUT2D eigenvalue weighted by molar-refractivity contribution is 0.235. The molecule has 0 bridgehead atoms. The Labute approximate surface area is 165 Å². The predicted molar refractivity (Wildman–Crippen MR) is 111 cm³/mol. The first-order valence-corrected chi connectivity index (χ1v) is 9.67. The van der Waals surface area contributed by atoms with Crippen molar-refractivity contribution in [3.8, 4) is 11.4 Å². The largest absolute Gasteiger partial charge is 0.488 e. The van der Waals surface area contributed by atoms with Gasteiger partial charge >= 0.3 is 0 Å². The summed E-state index contributed by atoms with van der Waals surface area (Å²) in [5.74, 6) is 1.78. The summed E-state index contributed by atoms with van der Waals surface area (Å²) in [5.41, 5.74) is 3.37. The predicted octanol–water partition coefficient (Wildman–Crippen LogP) is 2.93. The molecule has 1 aliphatic rings. The molecule has 2 aromatic carbocycles. The van der Waals surface area contributed by atoms with Crippen LogP contribution in [-0.2, 0) is 13.0 Å². The molecule has 0 saturated heterocycles. The van der Waals surface area contributed by atoms with E-state index in [-0.39, 0.29) is 6.10 Å². The van der Waals surface area contributed by atoms with Crippen LogP contribution in [0.25, 0.3) is 5.69 Å². The Kier molecular flexibility index (Phi) is 5.56. The second kappa shape index (κ2) is 8.61. The first-order valence-electron chi connectivity index (χ1n) is 9.67. The Morgan fingerprint density at radius 1 is 1.14 bits per heavy atom. The maximum Gasteiger partial charge on any atom is 0.191 e. The van der Waals surface area contributed by atoms with Gasteiger partial charge in [-0.1, -0.05) is 36.4 Å². The third-order valence-electron chi connectivity index (χ3n) is 4.63. The van der Waals surface area contributed by atoms with Crippen molar-refractivity contribution in [3.63, 3.8) is 0 Å². The molecule has 144 valence electrons. The smallest absolute Gasteiger partial charge is 0.191 e. The average molecular weight is 375 g/mol. The van der Waals surface area contributed by atoms with Crippen LogP contribution in [0.3, 0.4) is 0 Å². The van der Waals surface area contributed by atoms with Gasteiger partial charge in [-0.15, -0.1) is 0 Å². The molecule has 0 saturated carbocycles. The van der Waals surface area contributed by atoms with Crippen molar-refractivity contribution in [2.45, 2.75) is 26.0 Å². The molecule has 2 heterocycles. The highest BCUT2D eigenvalue weighted by atomic mass is 16.5. The highest BCUT2D eigenvalue weighted by Gasteiger charge is 2.22. The van der Waals surface area contributed by atoms with Gasteiger partial charge in [0.25, 0.3) is 0 Å². The number of para-hydroxylation sites is 2. The topological polar surface area (TPSA) is 63.5 Å². The Morgan fingerprint density at radius 2 is 1.96 bits per heavy atom. The van der Waals surface area contributed by atoms with Gasteiger partial charge in [-0.2, -0.15) is 5.10 Å². The molecule has 6 nitrogen and oxygen atoms in total. The molecule has 0 radical (unpaired) electrons. The van der Waals surface area contributed by atoms with E-state index in [0.717, 1.165) is 35.9 Å². The lowest BCUT2D eigenvalue weighted by Crippen LogP contribution is -2.42. The van der Waals surface area contributed by atoms with E-state index >= 15 is 0 Å². The fourth-order valence-corrected chi connectivity index (χ4v) is 3.25. The average Bonchev–Trinajstić information content (AvgIpc) is 3.37. The molecule has 0 aliphatic carbocycles. The molecule has 1 aliphatic heterocycles. The summed E-state index contributed by atoms with van der Waals surface area (Å²) in [5, 5.41) is 11.1. The number of aliphatic imine (C=N–C) groups is 1. The molecule has 3 aromatic rings. The first kappa shape index (κ1) is 18.1. The van der Waals surface area contributed by atoms with Crippen molar-refractivity contribution in [1.29, 1.82) is 0 Å². The molecule has 6 heteroatoms. The zero-order valence-electron chi connectivity index (χ0n) is 16.0. The number of nitrogens with zero attached hydrogens (tertiary/aromatic N) is 3. The van der Waals surface area contributed by atoms with Crippen molar-refractivity contribution >= 4 is 5.96 Å². The number of benzene rings is 2. The summed E-state index contributed by atoms with van der Waals surface area (Å²) in [6.45, 7) is 4.14. The van der Waals surface area contributed by atoms with Gasteiger partial charge in [0.05, 0.1) is 25.0 Å². The maximum absolute atomic E-state index is 5.99. The van der Waals surface area contributed by atoms with Crippen molar-refractivity contribution in [1.82, 2.24) is 20.4 Å². The van der Waals surface area contributed by atoms with Gasteiger partial charge in [0.15, 0.2) is 5.96 Å². The van der Waals surface area contributed by atoms with Gasteiger partial charge in [-0.05, 0) is 30.7 Å². The summed E-state index contributed by atoms with van der Waals surface area (Å²) in [6.07, 6.45) is 4.92. The van der Waals surface area contributed by atoms with Crippen molar-refractivity contribution < 1.29 is 4.74 Å². The molecule has 2 N–H and O–H groups in total.